The van der Waals surface area contributed by atoms with Crippen molar-refractivity contribution in [1.29, 1.82) is 0 Å². The molecule has 0 radical (unpaired) electrons. The van der Waals surface area contributed by atoms with Crippen molar-refractivity contribution in [2.45, 2.75) is 6.54 Å². The molecular formula is C12H11BrN4S. The molecule has 4 nitrogen and oxygen atoms in total. The second-order valence-corrected chi connectivity index (χ2v) is 4.85. The Hall–Kier alpha value is -1.53. The summed E-state index contributed by atoms with van der Waals surface area (Å²) in [6.07, 6.45) is 5.22. The van der Waals surface area contributed by atoms with E-state index in [2.05, 4.69) is 36.5 Å². The van der Waals surface area contributed by atoms with Gasteiger partial charge in [0.2, 0.25) is 0 Å². The van der Waals surface area contributed by atoms with Crippen molar-refractivity contribution >= 4 is 39.1 Å². The highest BCUT2D eigenvalue weighted by Crippen LogP contribution is 2.10. The molecule has 2 aromatic heterocycles. The van der Waals surface area contributed by atoms with Crippen LogP contribution in [0.1, 0.15) is 5.56 Å². The number of thiocarbonyl (C=S) groups is 1. The Morgan fingerprint density at radius 2 is 2.00 bits per heavy atom. The quantitative estimate of drug-likeness (QED) is 0.851. The molecule has 0 unspecified atom stereocenters. The smallest absolute Gasteiger partial charge is 0.172 e. The second-order valence-electron chi connectivity index (χ2n) is 3.52. The van der Waals surface area contributed by atoms with Crippen LogP contribution in [-0.2, 0) is 6.54 Å². The summed E-state index contributed by atoms with van der Waals surface area (Å²) in [5.41, 5.74) is 1.12. The lowest BCUT2D eigenvalue weighted by atomic mass is 10.3. The van der Waals surface area contributed by atoms with E-state index in [1.54, 1.807) is 18.6 Å². The summed E-state index contributed by atoms with van der Waals surface area (Å²) >= 11 is 8.51. The highest BCUT2D eigenvalue weighted by Gasteiger charge is 1.98. The van der Waals surface area contributed by atoms with Gasteiger partial charge >= 0.3 is 0 Å². The summed E-state index contributed by atoms with van der Waals surface area (Å²) < 4.78 is 0.934. The molecule has 0 aliphatic carbocycles. The fourth-order valence-corrected chi connectivity index (χ4v) is 1.70. The zero-order chi connectivity index (χ0) is 12.8. The minimum Gasteiger partial charge on any atom is -0.358 e. The van der Waals surface area contributed by atoms with Gasteiger partial charge in [-0.3, -0.25) is 4.98 Å². The van der Waals surface area contributed by atoms with Gasteiger partial charge in [0.15, 0.2) is 5.11 Å². The van der Waals surface area contributed by atoms with E-state index in [1.165, 1.54) is 0 Å². The number of hydrogen-bond acceptors (Lipinski definition) is 3. The maximum absolute atomic E-state index is 5.18. The summed E-state index contributed by atoms with van der Waals surface area (Å²) in [5.74, 6) is 0.713. The summed E-state index contributed by atoms with van der Waals surface area (Å²) in [6.45, 7) is 0.658. The van der Waals surface area contributed by atoms with Gasteiger partial charge in [-0.2, -0.15) is 0 Å². The first-order valence-electron chi connectivity index (χ1n) is 5.29. The zero-order valence-corrected chi connectivity index (χ0v) is 11.8. The van der Waals surface area contributed by atoms with Gasteiger partial charge in [-0.15, -0.1) is 0 Å². The highest BCUT2D eigenvalue weighted by molar-refractivity contribution is 9.10. The molecule has 0 amide bonds. The van der Waals surface area contributed by atoms with E-state index in [9.17, 15) is 0 Å². The van der Waals surface area contributed by atoms with Crippen LogP contribution in [0.5, 0.6) is 0 Å². The number of anilines is 1. The topological polar surface area (TPSA) is 49.8 Å². The molecule has 0 saturated heterocycles. The van der Waals surface area contributed by atoms with Gasteiger partial charge in [-0.25, -0.2) is 4.98 Å². The lowest BCUT2D eigenvalue weighted by molar-refractivity contribution is 0.920. The van der Waals surface area contributed by atoms with Crippen LogP contribution in [0.2, 0.25) is 0 Å². The molecule has 2 aromatic rings. The Bertz CT molecular complexity index is 515. The van der Waals surface area contributed by atoms with E-state index in [0.717, 1.165) is 10.0 Å². The van der Waals surface area contributed by atoms with Crippen LogP contribution in [-0.4, -0.2) is 15.1 Å². The summed E-state index contributed by atoms with van der Waals surface area (Å²) in [7, 11) is 0. The number of nitrogens with zero attached hydrogens (tertiary/aromatic N) is 2. The Kier molecular flexibility index (Phi) is 4.60. The van der Waals surface area contributed by atoms with Gasteiger partial charge in [-0.05, 0) is 58.0 Å². The number of pyridine rings is 2. The predicted molar refractivity (Wildman–Crippen MR) is 79.2 cm³/mol. The van der Waals surface area contributed by atoms with Gasteiger partial charge in [0.1, 0.15) is 5.82 Å². The monoisotopic (exact) mass is 322 g/mol. The molecule has 2 heterocycles. The van der Waals surface area contributed by atoms with Crippen LogP contribution in [0.25, 0.3) is 0 Å². The molecule has 18 heavy (non-hydrogen) atoms. The van der Waals surface area contributed by atoms with Crippen molar-refractivity contribution in [2.24, 2.45) is 0 Å². The van der Waals surface area contributed by atoms with Gasteiger partial charge in [0, 0.05) is 29.6 Å². The lowest BCUT2D eigenvalue weighted by Gasteiger charge is -2.09. The van der Waals surface area contributed by atoms with E-state index in [1.807, 2.05) is 24.3 Å². The van der Waals surface area contributed by atoms with Crippen LogP contribution in [0.15, 0.2) is 47.3 Å². The van der Waals surface area contributed by atoms with E-state index < -0.39 is 0 Å². The van der Waals surface area contributed by atoms with Crippen LogP contribution < -0.4 is 10.6 Å². The van der Waals surface area contributed by atoms with Gasteiger partial charge in [0.25, 0.3) is 0 Å². The highest BCUT2D eigenvalue weighted by atomic mass is 79.9. The van der Waals surface area contributed by atoms with Gasteiger partial charge in [0.05, 0.1) is 0 Å². The van der Waals surface area contributed by atoms with Crippen molar-refractivity contribution in [1.82, 2.24) is 15.3 Å². The van der Waals surface area contributed by atoms with Gasteiger partial charge < -0.3 is 10.6 Å². The molecule has 2 rings (SSSR count). The number of nitrogens with one attached hydrogen (secondary N) is 2. The summed E-state index contributed by atoms with van der Waals surface area (Å²) in [5, 5.41) is 6.66. The molecule has 0 fully saturated rings. The molecule has 0 aromatic carbocycles. The first kappa shape index (κ1) is 12.9. The standard InChI is InChI=1S/C12H11BrN4S/c13-10-1-2-11(15-8-10)17-12(18)16-7-9-3-5-14-6-4-9/h1-6,8H,7H2,(H2,15,16,17,18). The van der Waals surface area contributed by atoms with E-state index in [-0.39, 0.29) is 0 Å². The first-order valence-corrected chi connectivity index (χ1v) is 6.49. The lowest BCUT2D eigenvalue weighted by Crippen LogP contribution is -2.28. The third-order valence-electron chi connectivity index (χ3n) is 2.17. The molecule has 0 aliphatic rings. The first-order chi connectivity index (χ1) is 8.74. The third kappa shape index (κ3) is 4.05. The molecule has 0 bridgehead atoms. The predicted octanol–water partition coefficient (Wildman–Crippen LogP) is 2.73. The maximum atomic E-state index is 5.18. The Balaban J connectivity index is 1.84. The van der Waals surface area contributed by atoms with Crippen molar-refractivity contribution in [3.05, 3.63) is 52.9 Å². The number of aromatic nitrogens is 2. The van der Waals surface area contributed by atoms with E-state index in [0.29, 0.717) is 17.5 Å². The number of hydrogen-bond donors (Lipinski definition) is 2. The van der Waals surface area contributed by atoms with Crippen LogP contribution in [0, 0.1) is 0 Å². The van der Waals surface area contributed by atoms with E-state index in [4.69, 9.17) is 12.2 Å². The van der Waals surface area contributed by atoms with E-state index >= 15 is 0 Å². The molecule has 0 aliphatic heterocycles. The van der Waals surface area contributed by atoms with Crippen molar-refractivity contribution in [3.63, 3.8) is 0 Å². The minimum atomic E-state index is 0.543. The summed E-state index contributed by atoms with van der Waals surface area (Å²) in [4.78, 5) is 8.14. The molecule has 0 atom stereocenters. The largest absolute Gasteiger partial charge is 0.358 e. The van der Waals surface area contributed by atoms with Crippen molar-refractivity contribution < 1.29 is 0 Å². The second kappa shape index (κ2) is 6.42. The molecular weight excluding hydrogens is 312 g/mol. The molecule has 6 heteroatoms. The summed E-state index contributed by atoms with van der Waals surface area (Å²) in [6, 6.07) is 7.63. The fraction of sp³-hybridized carbons (Fsp3) is 0.0833. The van der Waals surface area contributed by atoms with Crippen molar-refractivity contribution in [2.75, 3.05) is 5.32 Å². The molecule has 2 N–H and O–H groups in total. The third-order valence-corrected chi connectivity index (χ3v) is 2.89. The zero-order valence-electron chi connectivity index (χ0n) is 9.43. The number of halogens is 1. The van der Waals surface area contributed by atoms with Crippen LogP contribution in [0.3, 0.4) is 0 Å². The fourth-order valence-electron chi connectivity index (χ4n) is 1.29. The van der Waals surface area contributed by atoms with Crippen molar-refractivity contribution in [3.8, 4) is 0 Å². The SMILES string of the molecule is S=C(NCc1ccncc1)Nc1ccc(Br)cn1. The Labute approximate surface area is 119 Å². The molecule has 92 valence electrons. The van der Waals surface area contributed by atoms with Gasteiger partial charge in [-0.1, -0.05) is 0 Å². The van der Waals surface area contributed by atoms with Crippen LogP contribution in [0.4, 0.5) is 5.82 Å². The normalized spacial score (nSPS) is 9.83. The Morgan fingerprint density at radius 1 is 1.22 bits per heavy atom. The number of rotatable bonds is 3. The average molecular weight is 323 g/mol. The molecule has 0 saturated carbocycles. The maximum Gasteiger partial charge on any atom is 0.172 e. The molecule has 0 spiro atoms. The Morgan fingerprint density at radius 3 is 2.67 bits per heavy atom. The van der Waals surface area contributed by atoms with Crippen LogP contribution >= 0.6 is 28.1 Å². The minimum absolute atomic E-state index is 0.543. The average Bonchev–Trinajstić information content (AvgIpc) is 2.40.